The Morgan fingerprint density at radius 3 is 2.67 bits per heavy atom. The van der Waals surface area contributed by atoms with Crippen LogP contribution in [-0.2, 0) is 6.54 Å². The third kappa shape index (κ3) is 2.33. The number of aromatic nitrogens is 3. The lowest BCUT2D eigenvalue weighted by Crippen LogP contribution is -2.06. The third-order valence-corrected chi connectivity index (χ3v) is 3.81. The average Bonchev–Trinajstić information content (AvgIpc) is 2.72. The zero-order chi connectivity index (χ0) is 15.0. The number of aldehydes is 1. The molecule has 0 aliphatic heterocycles. The molecule has 1 aromatic carbocycles. The first-order valence-corrected chi connectivity index (χ1v) is 6.94. The maximum absolute atomic E-state index is 11.1. The van der Waals surface area contributed by atoms with Crippen LogP contribution in [0, 0.1) is 20.8 Å². The molecule has 2 heterocycles. The van der Waals surface area contributed by atoms with Gasteiger partial charge in [0.2, 0.25) is 0 Å². The lowest BCUT2D eigenvalue weighted by Gasteiger charge is -2.09. The summed E-state index contributed by atoms with van der Waals surface area (Å²) < 4.78 is 1.89. The van der Waals surface area contributed by atoms with E-state index in [-0.39, 0.29) is 0 Å². The summed E-state index contributed by atoms with van der Waals surface area (Å²) in [5, 5.41) is 5.61. The standard InChI is InChI=1S/C17H17N3O/c1-11-8-14(15-6-4-5-7-17(15)18-11)9-20-13(3)16(10-21)12(2)19-20/h4-8,10H,9H2,1-3H3. The molecular formula is C17H17N3O. The molecule has 0 saturated heterocycles. The van der Waals surface area contributed by atoms with E-state index >= 15 is 0 Å². The largest absolute Gasteiger partial charge is 0.298 e. The minimum atomic E-state index is 0.643. The van der Waals surface area contributed by atoms with Gasteiger partial charge >= 0.3 is 0 Å². The molecular weight excluding hydrogens is 262 g/mol. The molecule has 0 amide bonds. The van der Waals surface area contributed by atoms with Crippen LogP contribution in [0.2, 0.25) is 0 Å². The minimum absolute atomic E-state index is 0.643. The van der Waals surface area contributed by atoms with Gasteiger partial charge < -0.3 is 0 Å². The fraction of sp³-hybridized carbons (Fsp3) is 0.235. The third-order valence-electron chi connectivity index (χ3n) is 3.81. The van der Waals surface area contributed by atoms with Gasteiger partial charge in [0.05, 0.1) is 23.3 Å². The molecule has 0 fully saturated rings. The smallest absolute Gasteiger partial charge is 0.153 e. The molecule has 0 bridgehead atoms. The van der Waals surface area contributed by atoms with Gasteiger partial charge in [-0.15, -0.1) is 0 Å². The van der Waals surface area contributed by atoms with Crippen LogP contribution in [0.1, 0.15) is 33.0 Å². The molecule has 0 atom stereocenters. The SMILES string of the molecule is Cc1cc(Cn2nc(C)c(C=O)c2C)c2ccccc2n1. The van der Waals surface area contributed by atoms with E-state index in [0.717, 1.165) is 34.3 Å². The number of rotatable bonds is 3. The zero-order valence-electron chi connectivity index (χ0n) is 12.4. The highest BCUT2D eigenvalue weighted by Gasteiger charge is 2.12. The number of nitrogens with zero attached hydrogens (tertiary/aromatic N) is 3. The van der Waals surface area contributed by atoms with E-state index in [1.807, 2.05) is 43.7 Å². The molecule has 3 rings (SSSR count). The molecule has 21 heavy (non-hydrogen) atoms. The highest BCUT2D eigenvalue weighted by atomic mass is 16.1. The average molecular weight is 279 g/mol. The number of pyridine rings is 1. The highest BCUT2D eigenvalue weighted by Crippen LogP contribution is 2.20. The number of carbonyl (C=O) groups excluding carboxylic acids is 1. The summed E-state index contributed by atoms with van der Waals surface area (Å²) in [6, 6.07) is 10.2. The topological polar surface area (TPSA) is 47.8 Å². The number of carbonyl (C=O) groups is 1. The Balaban J connectivity index is 2.12. The van der Waals surface area contributed by atoms with Crippen LogP contribution in [0.4, 0.5) is 0 Å². The van der Waals surface area contributed by atoms with E-state index in [1.165, 1.54) is 5.56 Å². The molecule has 0 spiro atoms. The lowest BCUT2D eigenvalue weighted by atomic mass is 10.1. The van der Waals surface area contributed by atoms with Crippen molar-refractivity contribution < 1.29 is 4.79 Å². The minimum Gasteiger partial charge on any atom is -0.298 e. The summed E-state index contributed by atoms with van der Waals surface area (Å²) >= 11 is 0. The van der Waals surface area contributed by atoms with E-state index in [0.29, 0.717) is 12.1 Å². The van der Waals surface area contributed by atoms with E-state index in [1.54, 1.807) is 0 Å². The Hall–Kier alpha value is -2.49. The van der Waals surface area contributed by atoms with Gasteiger partial charge in [-0.25, -0.2) is 0 Å². The van der Waals surface area contributed by atoms with Crippen LogP contribution >= 0.6 is 0 Å². The van der Waals surface area contributed by atoms with Crippen molar-refractivity contribution in [2.24, 2.45) is 0 Å². The Kier molecular flexibility index (Phi) is 3.29. The van der Waals surface area contributed by atoms with E-state index in [9.17, 15) is 4.79 Å². The second-order valence-electron chi connectivity index (χ2n) is 5.30. The van der Waals surface area contributed by atoms with Crippen molar-refractivity contribution in [2.45, 2.75) is 27.3 Å². The van der Waals surface area contributed by atoms with Crippen molar-refractivity contribution in [2.75, 3.05) is 0 Å². The number of para-hydroxylation sites is 1. The molecule has 4 nitrogen and oxygen atoms in total. The van der Waals surface area contributed by atoms with Crippen molar-refractivity contribution in [3.8, 4) is 0 Å². The Morgan fingerprint density at radius 1 is 1.19 bits per heavy atom. The number of fused-ring (bicyclic) bond motifs is 1. The van der Waals surface area contributed by atoms with Crippen molar-refractivity contribution in [3.05, 3.63) is 58.5 Å². The molecule has 0 radical (unpaired) electrons. The van der Waals surface area contributed by atoms with Crippen LogP contribution in [-0.4, -0.2) is 21.1 Å². The molecule has 3 aromatic rings. The van der Waals surface area contributed by atoms with Crippen molar-refractivity contribution >= 4 is 17.2 Å². The predicted molar refractivity (Wildman–Crippen MR) is 82.7 cm³/mol. The second kappa shape index (κ2) is 5.13. The lowest BCUT2D eigenvalue weighted by molar-refractivity contribution is 0.112. The molecule has 4 heteroatoms. The fourth-order valence-electron chi connectivity index (χ4n) is 2.72. The van der Waals surface area contributed by atoms with Crippen LogP contribution in [0.5, 0.6) is 0 Å². The van der Waals surface area contributed by atoms with Gasteiger partial charge in [0.25, 0.3) is 0 Å². The second-order valence-corrected chi connectivity index (χ2v) is 5.30. The van der Waals surface area contributed by atoms with Gasteiger partial charge in [-0.1, -0.05) is 18.2 Å². The van der Waals surface area contributed by atoms with Gasteiger partial charge in [0, 0.05) is 16.8 Å². The number of hydrogen-bond donors (Lipinski definition) is 0. The zero-order valence-corrected chi connectivity index (χ0v) is 12.4. The fourth-order valence-corrected chi connectivity index (χ4v) is 2.72. The molecule has 0 aliphatic rings. The summed E-state index contributed by atoms with van der Waals surface area (Å²) in [5.41, 5.74) is 5.51. The van der Waals surface area contributed by atoms with Crippen LogP contribution < -0.4 is 0 Å². The van der Waals surface area contributed by atoms with Crippen molar-refractivity contribution in [3.63, 3.8) is 0 Å². The van der Waals surface area contributed by atoms with Gasteiger partial charge in [-0.2, -0.15) is 5.10 Å². The van der Waals surface area contributed by atoms with E-state index < -0.39 is 0 Å². The first-order chi connectivity index (χ1) is 10.1. The summed E-state index contributed by atoms with van der Waals surface area (Å²) in [6.45, 7) is 6.43. The predicted octanol–water partition coefficient (Wildman–Crippen LogP) is 3.22. The summed E-state index contributed by atoms with van der Waals surface area (Å²) in [6.07, 6.45) is 0.879. The van der Waals surface area contributed by atoms with E-state index in [4.69, 9.17) is 0 Å². The molecule has 106 valence electrons. The first kappa shape index (κ1) is 13.5. The Morgan fingerprint density at radius 2 is 1.95 bits per heavy atom. The number of benzene rings is 1. The van der Waals surface area contributed by atoms with Crippen LogP contribution in [0.3, 0.4) is 0 Å². The summed E-state index contributed by atoms with van der Waals surface area (Å²) in [4.78, 5) is 15.7. The van der Waals surface area contributed by atoms with Gasteiger partial charge in [-0.05, 0) is 38.5 Å². The normalized spacial score (nSPS) is 11.0. The number of aryl methyl sites for hydroxylation is 2. The first-order valence-electron chi connectivity index (χ1n) is 6.94. The van der Waals surface area contributed by atoms with E-state index in [2.05, 4.69) is 22.2 Å². The Bertz CT molecular complexity index is 833. The van der Waals surface area contributed by atoms with Crippen LogP contribution in [0.15, 0.2) is 30.3 Å². The quantitative estimate of drug-likeness (QED) is 0.692. The van der Waals surface area contributed by atoms with Crippen molar-refractivity contribution in [1.29, 1.82) is 0 Å². The van der Waals surface area contributed by atoms with Gasteiger partial charge in [-0.3, -0.25) is 14.5 Å². The summed E-state index contributed by atoms with van der Waals surface area (Å²) in [5.74, 6) is 0. The van der Waals surface area contributed by atoms with Gasteiger partial charge in [0.15, 0.2) is 6.29 Å². The maximum atomic E-state index is 11.1. The maximum Gasteiger partial charge on any atom is 0.153 e. The van der Waals surface area contributed by atoms with Crippen molar-refractivity contribution in [1.82, 2.24) is 14.8 Å². The monoisotopic (exact) mass is 279 g/mol. The Labute approximate surface area is 123 Å². The van der Waals surface area contributed by atoms with Crippen LogP contribution in [0.25, 0.3) is 10.9 Å². The molecule has 0 unspecified atom stereocenters. The molecule has 0 saturated carbocycles. The van der Waals surface area contributed by atoms with Gasteiger partial charge in [0.1, 0.15) is 0 Å². The molecule has 0 aliphatic carbocycles. The number of hydrogen-bond acceptors (Lipinski definition) is 3. The summed E-state index contributed by atoms with van der Waals surface area (Å²) in [7, 11) is 0. The highest BCUT2D eigenvalue weighted by molar-refractivity contribution is 5.82. The molecule has 0 N–H and O–H groups in total. The molecule has 2 aromatic heterocycles.